The van der Waals surface area contributed by atoms with Crippen LogP contribution in [0.2, 0.25) is 0 Å². The van der Waals surface area contributed by atoms with Crippen molar-refractivity contribution in [1.29, 1.82) is 0 Å². The number of nitrogens with zero attached hydrogens (tertiary/aromatic N) is 3. The Hall–Kier alpha value is -2.94. The molecule has 8 heteroatoms. The molecule has 8 nitrogen and oxygen atoms in total. The fourth-order valence-corrected chi connectivity index (χ4v) is 3.99. The van der Waals surface area contributed by atoms with Crippen LogP contribution >= 0.6 is 0 Å². The Kier molecular flexibility index (Phi) is 6.50. The SMILES string of the molecule is COc1ccc(OC)c(C(O)CN2CCN(Cc3nc4ccccc4c(=O)[nH]3)CC2)c1. The van der Waals surface area contributed by atoms with Crippen LogP contribution in [0.5, 0.6) is 11.5 Å². The first-order valence-corrected chi connectivity index (χ1v) is 10.4. The molecular formula is C23H28N4O4. The number of piperazine rings is 1. The molecule has 1 saturated heterocycles. The van der Waals surface area contributed by atoms with Crippen LogP contribution in [0, 0.1) is 0 Å². The van der Waals surface area contributed by atoms with Crippen LogP contribution < -0.4 is 15.0 Å². The number of fused-ring (bicyclic) bond motifs is 1. The maximum absolute atomic E-state index is 12.3. The first-order valence-electron chi connectivity index (χ1n) is 10.4. The van der Waals surface area contributed by atoms with Crippen molar-refractivity contribution in [2.45, 2.75) is 12.6 Å². The lowest BCUT2D eigenvalue weighted by Crippen LogP contribution is -2.47. The van der Waals surface area contributed by atoms with Gasteiger partial charge in [0.1, 0.15) is 17.3 Å². The van der Waals surface area contributed by atoms with Gasteiger partial charge in [0, 0.05) is 38.3 Å². The van der Waals surface area contributed by atoms with Crippen molar-refractivity contribution in [3.05, 3.63) is 64.2 Å². The molecule has 0 amide bonds. The number of aromatic amines is 1. The van der Waals surface area contributed by atoms with Crippen LogP contribution in [0.25, 0.3) is 10.9 Å². The number of aliphatic hydroxyl groups excluding tert-OH is 1. The Bertz CT molecular complexity index is 1090. The van der Waals surface area contributed by atoms with Crippen LogP contribution in [0.1, 0.15) is 17.5 Å². The van der Waals surface area contributed by atoms with Crippen molar-refractivity contribution < 1.29 is 14.6 Å². The molecule has 2 N–H and O–H groups in total. The summed E-state index contributed by atoms with van der Waals surface area (Å²) in [6.45, 7) is 4.42. The van der Waals surface area contributed by atoms with E-state index in [1.165, 1.54) is 0 Å². The molecule has 1 atom stereocenters. The monoisotopic (exact) mass is 424 g/mol. The molecule has 0 aliphatic carbocycles. The van der Waals surface area contributed by atoms with Crippen molar-refractivity contribution in [3.8, 4) is 11.5 Å². The number of aliphatic hydroxyl groups is 1. The number of β-amino-alcohol motifs (C(OH)–C–C–N with tert-alkyl or cyclic N) is 1. The van der Waals surface area contributed by atoms with Gasteiger partial charge < -0.3 is 19.6 Å². The van der Waals surface area contributed by atoms with Crippen LogP contribution in [0.4, 0.5) is 0 Å². The lowest BCUT2D eigenvalue weighted by atomic mass is 10.1. The third-order valence-corrected chi connectivity index (χ3v) is 5.73. The lowest BCUT2D eigenvalue weighted by molar-refractivity contribution is 0.0680. The number of rotatable bonds is 7. The molecule has 31 heavy (non-hydrogen) atoms. The van der Waals surface area contributed by atoms with Gasteiger partial charge in [-0.3, -0.25) is 14.6 Å². The lowest BCUT2D eigenvalue weighted by Gasteiger charge is -2.35. The average molecular weight is 425 g/mol. The van der Waals surface area contributed by atoms with E-state index in [-0.39, 0.29) is 5.56 Å². The van der Waals surface area contributed by atoms with Crippen molar-refractivity contribution in [1.82, 2.24) is 19.8 Å². The summed E-state index contributed by atoms with van der Waals surface area (Å²) in [4.78, 5) is 24.3. The minimum atomic E-state index is -0.671. The topological polar surface area (TPSA) is 90.9 Å². The maximum Gasteiger partial charge on any atom is 0.258 e. The van der Waals surface area contributed by atoms with Gasteiger partial charge in [0.05, 0.1) is 37.8 Å². The van der Waals surface area contributed by atoms with Crippen LogP contribution in [0.3, 0.4) is 0 Å². The zero-order valence-electron chi connectivity index (χ0n) is 17.9. The quantitative estimate of drug-likeness (QED) is 0.598. The molecule has 1 fully saturated rings. The molecule has 1 unspecified atom stereocenters. The van der Waals surface area contributed by atoms with E-state index in [1.54, 1.807) is 20.3 Å². The first kappa shape index (κ1) is 21.3. The third-order valence-electron chi connectivity index (χ3n) is 5.73. The van der Waals surface area contributed by atoms with Gasteiger partial charge in [-0.05, 0) is 30.3 Å². The van der Waals surface area contributed by atoms with Gasteiger partial charge in [0.15, 0.2) is 0 Å². The van der Waals surface area contributed by atoms with Crippen molar-refractivity contribution in [2.24, 2.45) is 0 Å². The molecule has 1 aromatic heterocycles. The maximum atomic E-state index is 12.3. The van der Waals surface area contributed by atoms with Gasteiger partial charge in [0.2, 0.25) is 0 Å². The molecule has 4 rings (SSSR count). The largest absolute Gasteiger partial charge is 0.497 e. The van der Waals surface area contributed by atoms with Crippen molar-refractivity contribution >= 4 is 10.9 Å². The van der Waals surface area contributed by atoms with Crippen LogP contribution in [-0.2, 0) is 6.54 Å². The highest BCUT2D eigenvalue weighted by atomic mass is 16.5. The normalized spacial score (nSPS) is 16.4. The predicted molar refractivity (Wildman–Crippen MR) is 119 cm³/mol. The van der Waals surface area contributed by atoms with E-state index in [1.807, 2.05) is 36.4 Å². The smallest absolute Gasteiger partial charge is 0.258 e. The van der Waals surface area contributed by atoms with Gasteiger partial charge in [-0.25, -0.2) is 4.98 Å². The third kappa shape index (κ3) is 4.87. The van der Waals surface area contributed by atoms with E-state index in [9.17, 15) is 9.90 Å². The van der Waals surface area contributed by atoms with Gasteiger partial charge in [0.25, 0.3) is 5.56 Å². The summed E-state index contributed by atoms with van der Waals surface area (Å²) in [5.41, 5.74) is 1.34. The molecule has 2 aromatic carbocycles. The molecular weight excluding hydrogens is 396 g/mol. The van der Waals surface area contributed by atoms with E-state index in [2.05, 4.69) is 19.8 Å². The number of para-hydroxylation sites is 1. The molecule has 3 aromatic rings. The second-order valence-electron chi connectivity index (χ2n) is 7.73. The minimum Gasteiger partial charge on any atom is -0.497 e. The second-order valence-corrected chi connectivity index (χ2v) is 7.73. The van der Waals surface area contributed by atoms with Gasteiger partial charge in [-0.15, -0.1) is 0 Å². The molecule has 0 bridgehead atoms. The molecule has 0 radical (unpaired) electrons. The van der Waals surface area contributed by atoms with Crippen LogP contribution in [0.15, 0.2) is 47.3 Å². The summed E-state index contributed by atoms with van der Waals surface area (Å²) in [6.07, 6.45) is -0.671. The van der Waals surface area contributed by atoms with E-state index >= 15 is 0 Å². The summed E-state index contributed by atoms with van der Waals surface area (Å²) >= 11 is 0. The Labute approximate surface area is 181 Å². The summed E-state index contributed by atoms with van der Waals surface area (Å²) in [5, 5.41) is 11.4. The van der Waals surface area contributed by atoms with Crippen molar-refractivity contribution in [3.63, 3.8) is 0 Å². The summed E-state index contributed by atoms with van der Waals surface area (Å²) < 4.78 is 10.7. The minimum absolute atomic E-state index is 0.102. The Morgan fingerprint density at radius 1 is 1.06 bits per heavy atom. The zero-order chi connectivity index (χ0) is 21.8. The number of ether oxygens (including phenoxy) is 2. The van der Waals surface area contributed by atoms with Gasteiger partial charge in [-0.1, -0.05) is 12.1 Å². The number of H-pyrrole nitrogens is 1. The Morgan fingerprint density at radius 3 is 2.55 bits per heavy atom. The Morgan fingerprint density at radius 2 is 1.81 bits per heavy atom. The number of hydrogen-bond acceptors (Lipinski definition) is 7. The van der Waals surface area contributed by atoms with E-state index in [0.29, 0.717) is 35.8 Å². The van der Waals surface area contributed by atoms with E-state index in [0.717, 1.165) is 37.3 Å². The summed E-state index contributed by atoms with van der Waals surface area (Å²) in [6, 6.07) is 12.8. The van der Waals surface area contributed by atoms with E-state index < -0.39 is 6.10 Å². The summed E-state index contributed by atoms with van der Waals surface area (Å²) in [5.74, 6) is 2.02. The average Bonchev–Trinajstić information content (AvgIpc) is 2.80. The second kappa shape index (κ2) is 9.47. The van der Waals surface area contributed by atoms with Gasteiger partial charge in [-0.2, -0.15) is 0 Å². The number of aromatic nitrogens is 2. The highest BCUT2D eigenvalue weighted by Crippen LogP contribution is 2.30. The van der Waals surface area contributed by atoms with Gasteiger partial charge >= 0.3 is 0 Å². The highest BCUT2D eigenvalue weighted by Gasteiger charge is 2.22. The van der Waals surface area contributed by atoms with Crippen LogP contribution in [-0.4, -0.2) is 71.8 Å². The molecule has 164 valence electrons. The summed E-state index contributed by atoms with van der Waals surface area (Å²) in [7, 11) is 3.21. The number of methoxy groups -OCH3 is 2. The number of nitrogens with one attached hydrogen (secondary N) is 1. The highest BCUT2D eigenvalue weighted by molar-refractivity contribution is 5.77. The standard InChI is InChI=1S/C23H28N4O4/c1-30-16-7-8-21(31-2)18(13-16)20(28)14-26-9-11-27(12-10-26)15-22-24-19-6-4-3-5-17(19)23(29)25-22/h3-8,13,20,28H,9-12,14-15H2,1-2H3,(H,24,25,29). The molecule has 0 saturated carbocycles. The fourth-order valence-electron chi connectivity index (χ4n) is 3.99. The fraction of sp³-hybridized carbons (Fsp3) is 0.391. The molecule has 1 aliphatic rings. The molecule has 0 spiro atoms. The number of hydrogen-bond donors (Lipinski definition) is 2. The zero-order valence-corrected chi connectivity index (χ0v) is 17.9. The van der Waals surface area contributed by atoms with Crippen molar-refractivity contribution in [2.75, 3.05) is 46.9 Å². The molecule has 1 aliphatic heterocycles. The van der Waals surface area contributed by atoms with E-state index in [4.69, 9.17) is 9.47 Å². The Balaban J connectivity index is 1.35. The molecule has 2 heterocycles. The predicted octanol–water partition coefficient (Wildman–Crippen LogP) is 1.79. The number of benzene rings is 2. The first-order chi connectivity index (χ1) is 15.1.